The summed E-state index contributed by atoms with van der Waals surface area (Å²) in [6.07, 6.45) is 2.03. The zero-order chi connectivity index (χ0) is 13.0. The molecule has 0 saturated carbocycles. The van der Waals surface area contributed by atoms with E-state index in [4.69, 9.17) is 0 Å². The lowest BCUT2D eigenvalue weighted by atomic mass is 10.3. The number of halogens is 1. The lowest BCUT2D eigenvalue weighted by Gasteiger charge is -1.99. The predicted molar refractivity (Wildman–Crippen MR) is 72.6 cm³/mol. The van der Waals surface area contributed by atoms with Crippen LogP contribution >= 0.6 is 11.3 Å². The molecule has 1 aromatic carbocycles. The maximum Gasteiger partial charge on any atom is 0.123 e. The van der Waals surface area contributed by atoms with Crippen molar-refractivity contribution in [2.45, 2.75) is 30.4 Å². The van der Waals surface area contributed by atoms with E-state index in [0.29, 0.717) is 10.6 Å². The molecule has 0 spiro atoms. The summed E-state index contributed by atoms with van der Waals surface area (Å²) in [5.74, 6) is 0.0842. The lowest BCUT2D eigenvalue weighted by Crippen LogP contribution is -1.97. The summed E-state index contributed by atoms with van der Waals surface area (Å²) in [7, 11) is -1.16. The first-order chi connectivity index (χ1) is 8.69. The summed E-state index contributed by atoms with van der Waals surface area (Å²) >= 11 is 1.61. The summed E-state index contributed by atoms with van der Waals surface area (Å²) in [6, 6.07) is 5.78. The van der Waals surface area contributed by atoms with Gasteiger partial charge in [-0.2, -0.15) is 0 Å². The zero-order valence-electron chi connectivity index (χ0n) is 10.1. The lowest BCUT2D eigenvalue weighted by molar-refractivity contribution is 0.626. The Morgan fingerprint density at radius 2 is 2.06 bits per heavy atom. The Balaban J connectivity index is 2.04. The van der Waals surface area contributed by atoms with Gasteiger partial charge in [0, 0.05) is 10.3 Å². The summed E-state index contributed by atoms with van der Waals surface area (Å²) in [6.45, 7) is 2.11. The number of aryl methyl sites for hydroxylation is 1. The second-order valence-electron chi connectivity index (χ2n) is 3.93. The van der Waals surface area contributed by atoms with Crippen molar-refractivity contribution in [3.05, 3.63) is 46.2 Å². The third-order valence-electron chi connectivity index (χ3n) is 2.42. The van der Waals surface area contributed by atoms with Gasteiger partial charge in [-0.25, -0.2) is 9.37 Å². The molecule has 0 radical (unpaired) electrons. The monoisotopic (exact) mass is 283 g/mol. The van der Waals surface area contributed by atoms with E-state index in [2.05, 4.69) is 11.9 Å². The average molecular weight is 283 g/mol. The van der Waals surface area contributed by atoms with Gasteiger partial charge < -0.3 is 0 Å². The van der Waals surface area contributed by atoms with Crippen LogP contribution in [0.2, 0.25) is 0 Å². The molecule has 2 nitrogen and oxygen atoms in total. The van der Waals surface area contributed by atoms with Gasteiger partial charge in [0.2, 0.25) is 0 Å². The normalized spacial score (nSPS) is 12.6. The minimum Gasteiger partial charge on any atom is -0.254 e. The molecule has 0 fully saturated rings. The van der Waals surface area contributed by atoms with Crippen LogP contribution in [-0.2, 0) is 23.0 Å². The standard InChI is InChI=1S/C13H14FNOS2/c1-2-3-13-15-11(8-17-13)9-18(16)12-6-4-10(14)5-7-12/h4-8H,2-3,9H2,1H3. The van der Waals surface area contributed by atoms with Crippen molar-refractivity contribution in [2.24, 2.45) is 0 Å². The van der Waals surface area contributed by atoms with Crippen LogP contribution in [0, 0.1) is 5.82 Å². The van der Waals surface area contributed by atoms with Crippen LogP contribution in [0.1, 0.15) is 24.0 Å². The molecule has 5 heteroatoms. The molecule has 96 valence electrons. The summed E-state index contributed by atoms with van der Waals surface area (Å²) < 4.78 is 24.8. The van der Waals surface area contributed by atoms with Gasteiger partial charge >= 0.3 is 0 Å². The van der Waals surface area contributed by atoms with Gasteiger partial charge in [-0.15, -0.1) is 11.3 Å². The highest BCUT2D eigenvalue weighted by atomic mass is 32.2. The number of nitrogens with zero attached hydrogens (tertiary/aromatic N) is 1. The molecule has 1 aromatic heterocycles. The van der Waals surface area contributed by atoms with E-state index in [9.17, 15) is 8.60 Å². The van der Waals surface area contributed by atoms with Gasteiger partial charge in [0.25, 0.3) is 0 Å². The van der Waals surface area contributed by atoms with E-state index in [1.54, 1.807) is 23.5 Å². The van der Waals surface area contributed by atoms with E-state index in [1.165, 1.54) is 12.1 Å². The second-order valence-corrected chi connectivity index (χ2v) is 6.32. The zero-order valence-corrected chi connectivity index (χ0v) is 11.7. The van der Waals surface area contributed by atoms with Crippen LogP contribution in [0.5, 0.6) is 0 Å². The number of aromatic nitrogens is 1. The first kappa shape index (κ1) is 13.4. The predicted octanol–water partition coefficient (Wildman–Crippen LogP) is 3.54. The highest BCUT2D eigenvalue weighted by Crippen LogP contribution is 2.16. The molecule has 1 heterocycles. The smallest absolute Gasteiger partial charge is 0.123 e. The maximum atomic E-state index is 12.8. The minimum atomic E-state index is -1.16. The molecule has 0 saturated heterocycles. The van der Waals surface area contributed by atoms with Crippen LogP contribution in [0.25, 0.3) is 0 Å². The third kappa shape index (κ3) is 3.46. The van der Waals surface area contributed by atoms with Crippen LogP contribution in [0.3, 0.4) is 0 Å². The van der Waals surface area contributed by atoms with Crippen LogP contribution in [0.4, 0.5) is 4.39 Å². The van der Waals surface area contributed by atoms with Crippen LogP contribution < -0.4 is 0 Å². The van der Waals surface area contributed by atoms with Crippen LogP contribution in [-0.4, -0.2) is 9.19 Å². The quantitative estimate of drug-likeness (QED) is 0.840. The first-order valence-corrected chi connectivity index (χ1v) is 7.96. The Morgan fingerprint density at radius 1 is 1.33 bits per heavy atom. The van der Waals surface area contributed by atoms with Crippen LogP contribution in [0.15, 0.2) is 34.5 Å². The summed E-state index contributed by atoms with van der Waals surface area (Å²) in [4.78, 5) is 5.07. The van der Waals surface area contributed by atoms with E-state index in [1.807, 2.05) is 5.38 Å². The molecule has 18 heavy (non-hydrogen) atoms. The van der Waals surface area contributed by atoms with Gasteiger partial charge in [0.15, 0.2) is 0 Å². The molecule has 0 aliphatic heterocycles. The van der Waals surface area contributed by atoms with Crippen molar-refractivity contribution in [1.29, 1.82) is 0 Å². The van der Waals surface area contributed by atoms with Crippen molar-refractivity contribution >= 4 is 22.1 Å². The highest BCUT2D eigenvalue weighted by Gasteiger charge is 2.08. The number of benzene rings is 1. The molecule has 1 atom stereocenters. The Labute approximate surface area is 112 Å². The van der Waals surface area contributed by atoms with Gasteiger partial charge in [-0.1, -0.05) is 6.92 Å². The fourth-order valence-corrected chi connectivity index (χ4v) is 3.58. The summed E-state index contributed by atoms with van der Waals surface area (Å²) in [5.41, 5.74) is 0.853. The molecular weight excluding hydrogens is 269 g/mol. The second kappa shape index (κ2) is 6.20. The van der Waals surface area contributed by atoms with Crippen molar-refractivity contribution < 1.29 is 8.60 Å². The Hall–Kier alpha value is -1.07. The van der Waals surface area contributed by atoms with Crippen molar-refractivity contribution in [3.8, 4) is 0 Å². The molecule has 0 N–H and O–H groups in total. The fourth-order valence-electron chi connectivity index (χ4n) is 1.55. The molecular formula is C13H14FNOS2. The van der Waals surface area contributed by atoms with E-state index < -0.39 is 10.8 Å². The van der Waals surface area contributed by atoms with Crippen molar-refractivity contribution in [2.75, 3.05) is 0 Å². The molecule has 0 aliphatic rings. The Kier molecular flexibility index (Phi) is 4.60. The SMILES string of the molecule is CCCc1nc(CS(=O)c2ccc(F)cc2)cs1. The van der Waals surface area contributed by atoms with Gasteiger partial charge in [-0.3, -0.25) is 4.21 Å². The third-order valence-corrected chi connectivity index (χ3v) is 4.73. The maximum absolute atomic E-state index is 12.8. The molecule has 0 amide bonds. The molecule has 2 rings (SSSR count). The highest BCUT2D eigenvalue weighted by molar-refractivity contribution is 7.84. The average Bonchev–Trinajstić information content (AvgIpc) is 2.78. The molecule has 2 aromatic rings. The molecule has 1 unspecified atom stereocenters. The molecule has 0 bridgehead atoms. The minimum absolute atomic E-state index is 0.311. The number of hydrogen-bond donors (Lipinski definition) is 0. The van der Waals surface area contributed by atoms with E-state index in [-0.39, 0.29) is 5.82 Å². The van der Waals surface area contributed by atoms with Gasteiger partial charge in [-0.05, 0) is 37.1 Å². The molecule has 0 aliphatic carbocycles. The Bertz CT molecular complexity index is 536. The van der Waals surface area contributed by atoms with Crippen molar-refractivity contribution in [3.63, 3.8) is 0 Å². The van der Waals surface area contributed by atoms with Gasteiger partial charge in [0.1, 0.15) is 5.82 Å². The van der Waals surface area contributed by atoms with E-state index in [0.717, 1.165) is 23.5 Å². The van der Waals surface area contributed by atoms with Crippen molar-refractivity contribution in [1.82, 2.24) is 4.98 Å². The number of thiazole rings is 1. The Morgan fingerprint density at radius 3 is 2.72 bits per heavy atom. The first-order valence-electron chi connectivity index (χ1n) is 5.76. The number of rotatable bonds is 5. The summed E-state index contributed by atoms with van der Waals surface area (Å²) in [5, 5.41) is 3.04. The fraction of sp³-hybridized carbons (Fsp3) is 0.308. The number of hydrogen-bond acceptors (Lipinski definition) is 3. The van der Waals surface area contributed by atoms with Gasteiger partial charge in [0.05, 0.1) is 27.3 Å². The van der Waals surface area contributed by atoms with E-state index >= 15 is 0 Å². The topological polar surface area (TPSA) is 30.0 Å². The largest absolute Gasteiger partial charge is 0.254 e.